The molecule has 1 spiro atoms. The minimum Gasteiger partial charge on any atom is -0.298 e. The fourth-order valence-corrected chi connectivity index (χ4v) is 6.99. The highest BCUT2D eigenvalue weighted by Gasteiger charge is 2.58. The summed E-state index contributed by atoms with van der Waals surface area (Å²) in [5.41, 5.74) is 2.83. The van der Waals surface area contributed by atoms with E-state index in [-0.39, 0.29) is 11.4 Å². The molecule has 0 atom stereocenters. The number of hydrogen-bond donors (Lipinski definition) is 2. The number of amides is 1. The Bertz CT molecular complexity index is 707. The standard InChI is InChI=1S/C21H27FN2O2/c22-19-10-15(20(25)23-26)1-2-16(19)11-24-4-3-21(12-24)17-6-13-5-14(8-17)9-18(21)7-13/h1-2,10,13-14,17-18,26H,3-9,11-12H2,(H,23,25). The molecule has 0 radical (unpaired) electrons. The summed E-state index contributed by atoms with van der Waals surface area (Å²) in [5, 5.41) is 8.69. The number of hydroxylamine groups is 1. The van der Waals surface area contributed by atoms with E-state index in [0.717, 1.165) is 36.8 Å². The molecule has 6 rings (SSSR count). The van der Waals surface area contributed by atoms with Gasteiger partial charge in [-0.3, -0.25) is 14.9 Å². The first-order valence-corrected chi connectivity index (χ1v) is 10.0. The van der Waals surface area contributed by atoms with Gasteiger partial charge in [-0.15, -0.1) is 0 Å². The average Bonchev–Trinajstić information content (AvgIpc) is 3.05. The lowest BCUT2D eigenvalue weighted by molar-refractivity contribution is -0.102. The van der Waals surface area contributed by atoms with E-state index >= 15 is 0 Å². The number of benzene rings is 1. The number of hydrogen-bond acceptors (Lipinski definition) is 3. The maximum Gasteiger partial charge on any atom is 0.274 e. The van der Waals surface area contributed by atoms with Crippen LogP contribution in [0.15, 0.2) is 18.2 Å². The lowest BCUT2D eigenvalue weighted by atomic mass is 9.45. The van der Waals surface area contributed by atoms with E-state index < -0.39 is 5.91 Å². The predicted octanol–water partition coefficient (Wildman–Crippen LogP) is 3.59. The van der Waals surface area contributed by atoms with Crippen molar-refractivity contribution in [3.8, 4) is 0 Å². The molecule has 1 aromatic carbocycles. The number of likely N-dealkylation sites (tertiary alicyclic amines) is 1. The van der Waals surface area contributed by atoms with Crippen molar-refractivity contribution in [2.45, 2.75) is 45.1 Å². The van der Waals surface area contributed by atoms with Crippen LogP contribution in [-0.2, 0) is 6.54 Å². The molecule has 0 aromatic heterocycles. The van der Waals surface area contributed by atoms with E-state index in [4.69, 9.17) is 5.21 Å². The quantitative estimate of drug-likeness (QED) is 0.641. The molecule has 4 nitrogen and oxygen atoms in total. The van der Waals surface area contributed by atoms with Gasteiger partial charge in [-0.25, -0.2) is 9.87 Å². The molecule has 1 aromatic rings. The van der Waals surface area contributed by atoms with Gasteiger partial charge in [0.2, 0.25) is 0 Å². The molecule has 5 aliphatic rings. The zero-order valence-electron chi connectivity index (χ0n) is 15.1. The second-order valence-electron chi connectivity index (χ2n) is 9.25. The molecule has 2 N–H and O–H groups in total. The molecular formula is C21H27FN2O2. The summed E-state index contributed by atoms with van der Waals surface area (Å²) >= 11 is 0. The fraction of sp³-hybridized carbons (Fsp3) is 0.667. The van der Waals surface area contributed by atoms with Crippen molar-refractivity contribution < 1.29 is 14.4 Å². The Morgan fingerprint density at radius 1 is 1.19 bits per heavy atom. The molecule has 26 heavy (non-hydrogen) atoms. The minimum absolute atomic E-state index is 0.146. The molecule has 4 aliphatic carbocycles. The fourth-order valence-electron chi connectivity index (χ4n) is 6.99. The zero-order valence-corrected chi connectivity index (χ0v) is 15.1. The Hall–Kier alpha value is -1.46. The first kappa shape index (κ1) is 16.7. The summed E-state index contributed by atoms with van der Waals surface area (Å²) in [5.74, 6) is 2.72. The Labute approximate surface area is 153 Å². The average molecular weight is 358 g/mol. The van der Waals surface area contributed by atoms with Crippen LogP contribution < -0.4 is 5.48 Å². The van der Waals surface area contributed by atoms with Crippen molar-refractivity contribution in [3.63, 3.8) is 0 Å². The van der Waals surface area contributed by atoms with Gasteiger partial charge in [0.25, 0.3) is 5.91 Å². The number of halogens is 1. The van der Waals surface area contributed by atoms with Crippen molar-refractivity contribution in [2.75, 3.05) is 13.1 Å². The SMILES string of the molecule is O=C(NO)c1ccc(CN2CCC3(C2)C2CC4CC(C2)CC3C4)c(F)c1. The van der Waals surface area contributed by atoms with Crippen molar-refractivity contribution >= 4 is 5.91 Å². The maximum absolute atomic E-state index is 14.4. The highest BCUT2D eigenvalue weighted by Crippen LogP contribution is 2.65. The van der Waals surface area contributed by atoms with Crippen LogP contribution in [0.4, 0.5) is 4.39 Å². The van der Waals surface area contributed by atoms with Gasteiger partial charge in [-0.1, -0.05) is 6.07 Å². The Kier molecular flexibility index (Phi) is 3.87. The summed E-state index contributed by atoms with van der Waals surface area (Å²) in [6.07, 6.45) is 8.47. The summed E-state index contributed by atoms with van der Waals surface area (Å²) < 4.78 is 14.4. The van der Waals surface area contributed by atoms with Crippen molar-refractivity contribution in [1.29, 1.82) is 0 Å². The first-order valence-electron chi connectivity index (χ1n) is 10.0. The smallest absolute Gasteiger partial charge is 0.274 e. The van der Waals surface area contributed by atoms with E-state index in [1.165, 1.54) is 44.6 Å². The van der Waals surface area contributed by atoms with Crippen LogP contribution in [0.1, 0.15) is 54.4 Å². The predicted molar refractivity (Wildman–Crippen MR) is 95.0 cm³/mol. The third-order valence-corrected chi connectivity index (χ3v) is 7.99. The molecule has 0 unspecified atom stereocenters. The second kappa shape index (κ2) is 6.03. The third-order valence-electron chi connectivity index (χ3n) is 7.99. The second-order valence-corrected chi connectivity index (χ2v) is 9.25. The number of nitrogens with zero attached hydrogens (tertiary/aromatic N) is 1. The molecule has 1 saturated heterocycles. The van der Waals surface area contributed by atoms with E-state index in [1.807, 2.05) is 0 Å². The van der Waals surface area contributed by atoms with Gasteiger partial charge >= 0.3 is 0 Å². The zero-order chi connectivity index (χ0) is 17.9. The Balaban J connectivity index is 1.31. The van der Waals surface area contributed by atoms with Crippen LogP contribution in [0.5, 0.6) is 0 Å². The number of carbonyl (C=O) groups excluding carboxylic acids is 1. The molecule has 4 bridgehead atoms. The van der Waals surface area contributed by atoms with Gasteiger partial charge in [0.1, 0.15) is 5.82 Å². The van der Waals surface area contributed by atoms with Gasteiger partial charge in [0.15, 0.2) is 0 Å². The molecule has 5 fully saturated rings. The van der Waals surface area contributed by atoms with Gasteiger partial charge in [-0.05, 0) is 86.3 Å². The van der Waals surface area contributed by atoms with Crippen molar-refractivity contribution in [2.24, 2.45) is 29.1 Å². The molecular weight excluding hydrogens is 331 g/mol. The van der Waals surface area contributed by atoms with Crippen LogP contribution in [0.2, 0.25) is 0 Å². The Morgan fingerprint density at radius 3 is 2.50 bits per heavy atom. The summed E-state index contributed by atoms with van der Waals surface area (Å²) in [6, 6.07) is 4.48. The van der Waals surface area contributed by atoms with Crippen LogP contribution in [0.25, 0.3) is 0 Å². The van der Waals surface area contributed by atoms with Crippen LogP contribution >= 0.6 is 0 Å². The lowest BCUT2D eigenvalue weighted by Crippen LogP contribution is -2.53. The van der Waals surface area contributed by atoms with Crippen LogP contribution in [-0.4, -0.2) is 29.1 Å². The summed E-state index contributed by atoms with van der Waals surface area (Å²) in [7, 11) is 0. The number of rotatable bonds is 3. The summed E-state index contributed by atoms with van der Waals surface area (Å²) in [6.45, 7) is 2.78. The third kappa shape index (κ3) is 2.51. The minimum atomic E-state index is -0.677. The van der Waals surface area contributed by atoms with Gasteiger partial charge < -0.3 is 0 Å². The maximum atomic E-state index is 14.4. The van der Waals surface area contributed by atoms with E-state index in [9.17, 15) is 9.18 Å². The molecule has 140 valence electrons. The van der Waals surface area contributed by atoms with E-state index in [1.54, 1.807) is 17.6 Å². The summed E-state index contributed by atoms with van der Waals surface area (Å²) in [4.78, 5) is 13.9. The molecule has 1 aliphatic heterocycles. The van der Waals surface area contributed by atoms with Gasteiger partial charge in [0, 0.05) is 24.2 Å². The van der Waals surface area contributed by atoms with Crippen molar-refractivity contribution in [3.05, 3.63) is 35.1 Å². The van der Waals surface area contributed by atoms with E-state index in [2.05, 4.69) is 4.90 Å². The number of nitrogens with one attached hydrogen (secondary N) is 1. The van der Waals surface area contributed by atoms with Crippen molar-refractivity contribution in [1.82, 2.24) is 10.4 Å². The van der Waals surface area contributed by atoms with Crippen LogP contribution in [0.3, 0.4) is 0 Å². The van der Waals surface area contributed by atoms with E-state index in [0.29, 0.717) is 17.5 Å². The normalized spacial score (nSPS) is 38.2. The molecule has 4 saturated carbocycles. The first-order chi connectivity index (χ1) is 12.6. The number of carbonyl (C=O) groups is 1. The lowest BCUT2D eigenvalue weighted by Gasteiger charge is -2.60. The largest absolute Gasteiger partial charge is 0.298 e. The topological polar surface area (TPSA) is 52.6 Å². The monoisotopic (exact) mass is 358 g/mol. The van der Waals surface area contributed by atoms with Crippen LogP contribution in [0, 0.1) is 34.9 Å². The Morgan fingerprint density at radius 2 is 1.88 bits per heavy atom. The molecule has 1 amide bonds. The highest BCUT2D eigenvalue weighted by atomic mass is 19.1. The van der Waals surface area contributed by atoms with Gasteiger partial charge in [-0.2, -0.15) is 0 Å². The van der Waals surface area contributed by atoms with Gasteiger partial charge in [0.05, 0.1) is 0 Å². The highest BCUT2D eigenvalue weighted by molar-refractivity contribution is 5.93. The molecule has 1 heterocycles. The molecule has 5 heteroatoms.